The summed E-state index contributed by atoms with van der Waals surface area (Å²) in [5.41, 5.74) is 3.29. The van der Waals surface area contributed by atoms with Crippen LogP contribution in [0.5, 0.6) is 0 Å². The molecule has 104 valence electrons. The Kier molecular flexibility index (Phi) is 4.09. The minimum Gasteiger partial charge on any atom is -0.375 e. The van der Waals surface area contributed by atoms with Crippen molar-refractivity contribution in [3.05, 3.63) is 71.0 Å². The van der Waals surface area contributed by atoms with Gasteiger partial charge in [-0.2, -0.15) is 0 Å². The van der Waals surface area contributed by atoms with E-state index in [1.165, 1.54) is 17.2 Å². The van der Waals surface area contributed by atoms with Gasteiger partial charge in [0, 0.05) is 0 Å². The first-order valence-corrected chi connectivity index (χ1v) is 6.97. The Morgan fingerprint density at radius 2 is 1.90 bits per heavy atom. The van der Waals surface area contributed by atoms with Crippen molar-refractivity contribution in [2.75, 3.05) is 13.2 Å². The third-order valence-corrected chi connectivity index (χ3v) is 3.72. The Bertz CT molecular complexity index is 585. The van der Waals surface area contributed by atoms with Crippen LogP contribution in [0.15, 0.2) is 48.5 Å². The molecule has 2 nitrogen and oxygen atoms in total. The van der Waals surface area contributed by atoms with Crippen LogP contribution < -0.4 is 5.32 Å². The summed E-state index contributed by atoms with van der Waals surface area (Å²) in [6.07, 6.45) is 0.686. The molecule has 0 amide bonds. The van der Waals surface area contributed by atoms with Crippen LogP contribution in [-0.2, 0) is 17.8 Å². The predicted octanol–water partition coefficient (Wildman–Crippen LogP) is 3.23. The second-order valence-corrected chi connectivity index (χ2v) is 5.06. The number of nitrogens with one attached hydrogen (secondary N) is 1. The lowest BCUT2D eigenvalue weighted by Gasteiger charge is -2.26. The van der Waals surface area contributed by atoms with Gasteiger partial charge >= 0.3 is 0 Å². The van der Waals surface area contributed by atoms with Gasteiger partial charge in [0.15, 0.2) is 0 Å². The Morgan fingerprint density at radius 3 is 2.80 bits per heavy atom. The first kappa shape index (κ1) is 13.3. The van der Waals surface area contributed by atoms with Crippen LogP contribution in [0.2, 0.25) is 0 Å². The van der Waals surface area contributed by atoms with Crippen LogP contribution in [0.3, 0.4) is 0 Å². The first-order valence-electron chi connectivity index (χ1n) is 6.97. The molecule has 2 aromatic rings. The van der Waals surface area contributed by atoms with Crippen LogP contribution in [0.4, 0.5) is 4.39 Å². The summed E-state index contributed by atoms with van der Waals surface area (Å²) < 4.78 is 19.1. The summed E-state index contributed by atoms with van der Waals surface area (Å²) in [4.78, 5) is 0. The highest BCUT2D eigenvalue weighted by atomic mass is 19.1. The van der Waals surface area contributed by atoms with Crippen LogP contribution in [0.25, 0.3) is 0 Å². The van der Waals surface area contributed by atoms with Gasteiger partial charge in [0.1, 0.15) is 5.82 Å². The fraction of sp³-hybridized carbons (Fsp3) is 0.294. The number of halogens is 1. The number of hydrogen-bond donors (Lipinski definition) is 1. The van der Waals surface area contributed by atoms with E-state index < -0.39 is 0 Å². The Morgan fingerprint density at radius 1 is 1.10 bits per heavy atom. The normalized spacial score (nSPS) is 17.8. The molecular formula is C17H18FNO. The van der Waals surface area contributed by atoms with Crippen molar-refractivity contribution in [1.82, 2.24) is 5.32 Å². The van der Waals surface area contributed by atoms with Gasteiger partial charge in [-0.15, -0.1) is 0 Å². The molecule has 1 aliphatic heterocycles. The SMILES string of the molecule is Fc1ccccc1CCNC1COCc2ccccc21. The zero-order valence-corrected chi connectivity index (χ0v) is 11.3. The van der Waals surface area contributed by atoms with Gasteiger partial charge < -0.3 is 10.1 Å². The molecule has 1 unspecified atom stereocenters. The Labute approximate surface area is 118 Å². The van der Waals surface area contributed by atoms with Crippen molar-refractivity contribution in [2.45, 2.75) is 19.1 Å². The van der Waals surface area contributed by atoms with Gasteiger partial charge in [0.2, 0.25) is 0 Å². The maximum absolute atomic E-state index is 13.5. The van der Waals surface area contributed by atoms with Crippen molar-refractivity contribution in [3.8, 4) is 0 Å². The quantitative estimate of drug-likeness (QED) is 0.922. The zero-order chi connectivity index (χ0) is 13.8. The molecule has 1 atom stereocenters. The minimum atomic E-state index is -0.130. The molecule has 0 fully saturated rings. The van der Waals surface area contributed by atoms with E-state index in [9.17, 15) is 4.39 Å². The number of rotatable bonds is 4. The van der Waals surface area contributed by atoms with Gasteiger partial charge in [-0.1, -0.05) is 42.5 Å². The molecule has 2 aromatic carbocycles. The summed E-state index contributed by atoms with van der Waals surface area (Å²) in [5, 5.41) is 3.46. The van der Waals surface area contributed by atoms with Crippen molar-refractivity contribution >= 4 is 0 Å². The molecular weight excluding hydrogens is 253 g/mol. The maximum Gasteiger partial charge on any atom is 0.126 e. The third-order valence-electron chi connectivity index (χ3n) is 3.72. The van der Waals surface area contributed by atoms with Crippen LogP contribution >= 0.6 is 0 Å². The Balaban J connectivity index is 1.61. The number of fused-ring (bicyclic) bond motifs is 1. The van der Waals surface area contributed by atoms with E-state index in [-0.39, 0.29) is 11.9 Å². The van der Waals surface area contributed by atoms with Gasteiger partial charge in [-0.3, -0.25) is 0 Å². The summed E-state index contributed by atoms with van der Waals surface area (Å²) in [6.45, 7) is 2.10. The van der Waals surface area contributed by atoms with E-state index in [1.807, 2.05) is 18.2 Å². The summed E-state index contributed by atoms with van der Waals surface area (Å²) in [5.74, 6) is -0.130. The van der Waals surface area contributed by atoms with E-state index in [2.05, 4.69) is 23.5 Å². The van der Waals surface area contributed by atoms with Crippen LogP contribution in [-0.4, -0.2) is 13.2 Å². The second kappa shape index (κ2) is 6.16. The van der Waals surface area contributed by atoms with Crippen LogP contribution in [0, 0.1) is 5.82 Å². The molecule has 0 bridgehead atoms. The number of ether oxygens (including phenoxy) is 1. The molecule has 0 saturated carbocycles. The highest BCUT2D eigenvalue weighted by Crippen LogP contribution is 2.24. The van der Waals surface area contributed by atoms with Crippen molar-refractivity contribution in [2.24, 2.45) is 0 Å². The maximum atomic E-state index is 13.5. The highest BCUT2D eigenvalue weighted by Gasteiger charge is 2.19. The van der Waals surface area contributed by atoms with Crippen molar-refractivity contribution in [1.29, 1.82) is 0 Å². The summed E-state index contributed by atoms with van der Waals surface area (Å²) in [7, 11) is 0. The van der Waals surface area contributed by atoms with E-state index in [4.69, 9.17) is 4.74 Å². The van der Waals surface area contributed by atoms with Gasteiger partial charge in [-0.05, 0) is 35.7 Å². The van der Waals surface area contributed by atoms with E-state index in [0.717, 1.165) is 12.1 Å². The standard InChI is InChI=1S/C17H18FNO/c18-16-8-4-2-5-13(16)9-10-19-17-12-20-11-14-6-1-3-7-15(14)17/h1-8,17,19H,9-12H2. The van der Waals surface area contributed by atoms with Crippen molar-refractivity contribution in [3.63, 3.8) is 0 Å². The first-order chi connectivity index (χ1) is 9.84. The summed E-state index contributed by atoms with van der Waals surface area (Å²) in [6, 6.07) is 15.5. The van der Waals surface area contributed by atoms with Gasteiger partial charge in [0.05, 0.1) is 19.3 Å². The molecule has 20 heavy (non-hydrogen) atoms. The fourth-order valence-corrected chi connectivity index (χ4v) is 2.63. The van der Waals surface area contributed by atoms with Crippen LogP contribution in [0.1, 0.15) is 22.7 Å². The molecule has 0 aromatic heterocycles. The average Bonchev–Trinajstić information content (AvgIpc) is 2.49. The molecule has 1 heterocycles. The smallest absolute Gasteiger partial charge is 0.126 e. The number of benzene rings is 2. The highest BCUT2D eigenvalue weighted by molar-refractivity contribution is 5.31. The molecule has 0 saturated heterocycles. The monoisotopic (exact) mass is 271 g/mol. The fourth-order valence-electron chi connectivity index (χ4n) is 2.63. The number of hydrogen-bond acceptors (Lipinski definition) is 2. The lowest BCUT2D eigenvalue weighted by Crippen LogP contribution is -2.31. The molecule has 1 N–H and O–H groups in total. The lowest BCUT2D eigenvalue weighted by atomic mass is 9.99. The molecule has 1 aliphatic rings. The second-order valence-electron chi connectivity index (χ2n) is 5.06. The minimum absolute atomic E-state index is 0.130. The molecule has 0 spiro atoms. The Hall–Kier alpha value is -1.71. The molecule has 3 rings (SSSR count). The van der Waals surface area contributed by atoms with Gasteiger partial charge in [0.25, 0.3) is 0 Å². The predicted molar refractivity (Wildman–Crippen MR) is 76.9 cm³/mol. The zero-order valence-electron chi connectivity index (χ0n) is 11.3. The third kappa shape index (κ3) is 2.89. The molecule has 0 aliphatic carbocycles. The summed E-state index contributed by atoms with van der Waals surface area (Å²) >= 11 is 0. The van der Waals surface area contributed by atoms with E-state index >= 15 is 0 Å². The largest absolute Gasteiger partial charge is 0.375 e. The topological polar surface area (TPSA) is 21.3 Å². The van der Waals surface area contributed by atoms with Crippen molar-refractivity contribution < 1.29 is 9.13 Å². The average molecular weight is 271 g/mol. The van der Waals surface area contributed by atoms with E-state index in [1.54, 1.807) is 6.07 Å². The van der Waals surface area contributed by atoms with Gasteiger partial charge in [-0.25, -0.2) is 4.39 Å². The molecule has 0 radical (unpaired) electrons. The lowest BCUT2D eigenvalue weighted by molar-refractivity contribution is 0.0823. The molecule has 3 heteroatoms. The van der Waals surface area contributed by atoms with E-state index in [0.29, 0.717) is 19.6 Å².